The zero-order valence-corrected chi connectivity index (χ0v) is 22.8. The summed E-state index contributed by atoms with van der Waals surface area (Å²) in [5, 5.41) is 19.1. The highest BCUT2D eigenvalue weighted by Gasteiger charge is 2.23. The van der Waals surface area contributed by atoms with E-state index in [1.54, 1.807) is 54.7 Å². The highest BCUT2D eigenvalue weighted by molar-refractivity contribution is 6.44. The lowest BCUT2D eigenvalue weighted by Gasteiger charge is -2.14. The maximum atomic E-state index is 12.8. The number of carbonyl (C=O) groups excluding carboxylic acids is 2. The second-order valence-corrected chi connectivity index (χ2v) is 9.90. The van der Waals surface area contributed by atoms with Crippen LogP contribution in [0.25, 0.3) is 22.0 Å². The predicted octanol–water partition coefficient (Wildman–Crippen LogP) is 6.61. The summed E-state index contributed by atoms with van der Waals surface area (Å²) in [5.41, 5.74) is 4.24. The van der Waals surface area contributed by atoms with Crippen molar-refractivity contribution in [2.45, 2.75) is 12.5 Å². The number of aliphatic carboxylic acids is 1. The van der Waals surface area contributed by atoms with E-state index in [-0.39, 0.29) is 17.1 Å². The van der Waals surface area contributed by atoms with Crippen LogP contribution in [-0.2, 0) is 11.2 Å². The number of anilines is 2. The summed E-state index contributed by atoms with van der Waals surface area (Å²) in [6.07, 6.45) is 3.40. The van der Waals surface area contributed by atoms with Crippen LogP contribution in [0.5, 0.6) is 0 Å². The number of nitrogens with one attached hydrogen (secondary N) is 4. The molecule has 0 bridgehead atoms. The highest BCUT2D eigenvalue weighted by atomic mass is 35.5. The molecule has 1 atom stereocenters. The molecule has 0 radical (unpaired) electrons. The molecule has 3 aromatic carbocycles. The summed E-state index contributed by atoms with van der Waals surface area (Å²) in [6.45, 7) is 0. The van der Waals surface area contributed by atoms with Gasteiger partial charge in [0.15, 0.2) is 0 Å². The molecule has 5 N–H and O–H groups in total. The first-order valence-electron chi connectivity index (χ1n) is 12.5. The van der Waals surface area contributed by atoms with E-state index in [1.807, 2.05) is 24.3 Å². The van der Waals surface area contributed by atoms with Gasteiger partial charge in [-0.3, -0.25) is 9.78 Å². The summed E-state index contributed by atoms with van der Waals surface area (Å²) >= 11 is 12.1. The first-order valence-corrected chi connectivity index (χ1v) is 13.2. The molecule has 11 heteroatoms. The fraction of sp³-hybridized carbons (Fsp3) is 0.0667. The quantitative estimate of drug-likeness (QED) is 0.139. The van der Waals surface area contributed by atoms with Crippen molar-refractivity contribution in [1.29, 1.82) is 0 Å². The minimum absolute atomic E-state index is 0.0913. The molecule has 0 aliphatic heterocycles. The number of fused-ring (bicyclic) bond motifs is 1. The van der Waals surface area contributed by atoms with Crippen LogP contribution in [0.3, 0.4) is 0 Å². The van der Waals surface area contributed by atoms with Gasteiger partial charge in [-0.15, -0.1) is 0 Å². The summed E-state index contributed by atoms with van der Waals surface area (Å²) in [7, 11) is 0. The number of urea groups is 1. The third-order valence-corrected chi connectivity index (χ3v) is 7.19. The predicted molar refractivity (Wildman–Crippen MR) is 160 cm³/mol. The molecule has 0 spiro atoms. The van der Waals surface area contributed by atoms with Gasteiger partial charge >= 0.3 is 12.0 Å². The van der Waals surface area contributed by atoms with Crippen molar-refractivity contribution in [3.8, 4) is 11.1 Å². The molecule has 0 aliphatic carbocycles. The topological polar surface area (TPSA) is 136 Å². The molecule has 5 aromatic rings. The molecule has 2 aromatic heterocycles. The molecule has 1 unspecified atom stereocenters. The fourth-order valence-corrected chi connectivity index (χ4v) is 4.63. The lowest BCUT2D eigenvalue weighted by Crippen LogP contribution is -2.42. The van der Waals surface area contributed by atoms with Crippen molar-refractivity contribution in [2.75, 3.05) is 10.6 Å². The monoisotopic (exact) mass is 587 g/mol. The lowest BCUT2D eigenvalue weighted by atomic mass is 10.0. The van der Waals surface area contributed by atoms with Crippen molar-refractivity contribution in [2.24, 2.45) is 0 Å². The number of amides is 3. The Morgan fingerprint density at radius 1 is 0.878 bits per heavy atom. The number of H-pyrrole nitrogens is 1. The van der Waals surface area contributed by atoms with Gasteiger partial charge < -0.3 is 26.0 Å². The molecule has 0 saturated heterocycles. The van der Waals surface area contributed by atoms with Crippen molar-refractivity contribution in [3.63, 3.8) is 0 Å². The number of halogens is 2. The number of hydrogen-bond donors (Lipinski definition) is 5. The lowest BCUT2D eigenvalue weighted by molar-refractivity contribution is -0.139. The summed E-state index contributed by atoms with van der Waals surface area (Å²) in [5.74, 6) is -1.73. The average Bonchev–Trinajstić information content (AvgIpc) is 3.38. The number of carbonyl (C=O) groups is 3. The van der Waals surface area contributed by atoms with E-state index in [9.17, 15) is 19.5 Å². The molecular weight excluding hydrogens is 565 g/mol. The van der Waals surface area contributed by atoms with Crippen LogP contribution in [-0.4, -0.2) is 39.0 Å². The molecule has 41 heavy (non-hydrogen) atoms. The Morgan fingerprint density at radius 3 is 2.37 bits per heavy atom. The highest BCUT2D eigenvalue weighted by Crippen LogP contribution is 2.29. The van der Waals surface area contributed by atoms with Gasteiger partial charge in [-0.2, -0.15) is 0 Å². The van der Waals surface area contributed by atoms with Crippen LogP contribution in [0.2, 0.25) is 10.0 Å². The van der Waals surface area contributed by atoms with Gasteiger partial charge in [0.1, 0.15) is 11.7 Å². The Morgan fingerprint density at radius 2 is 1.63 bits per heavy atom. The zero-order chi connectivity index (χ0) is 28.9. The van der Waals surface area contributed by atoms with Crippen molar-refractivity contribution >= 4 is 63.4 Å². The Labute approximate surface area is 244 Å². The number of pyridine rings is 1. The first kappa shape index (κ1) is 27.7. The van der Waals surface area contributed by atoms with Gasteiger partial charge in [-0.1, -0.05) is 65.7 Å². The van der Waals surface area contributed by atoms with E-state index in [2.05, 4.69) is 25.9 Å². The standard InChI is InChI=1S/C30H23Cl2N5O4/c31-22-5-3-7-24(27(22)32)37-30(41)35-20-11-8-17(9-12-20)18-10-13-25(34-15-18)28(38)36-26(29(39)40)14-19-16-33-23-6-2-1-4-21(19)23/h1-13,15-16,26,33H,14H2,(H,36,38)(H,39,40)(H2,35,37,41). The summed E-state index contributed by atoms with van der Waals surface area (Å²) in [4.78, 5) is 44.4. The first-order chi connectivity index (χ1) is 19.8. The molecule has 2 heterocycles. The molecule has 5 rings (SSSR count). The third-order valence-electron chi connectivity index (χ3n) is 6.37. The van der Waals surface area contributed by atoms with Gasteiger partial charge in [0.05, 0.1) is 15.7 Å². The minimum atomic E-state index is -1.14. The Balaban J connectivity index is 1.20. The number of aromatic nitrogens is 2. The van der Waals surface area contributed by atoms with Crippen molar-refractivity contribution in [3.05, 3.63) is 113 Å². The number of benzene rings is 3. The molecular formula is C30H23Cl2N5O4. The van der Waals surface area contributed by atoms with Crippen LogP contribution < -0.4 is 16.0 Å². The number of carboxylic acid groups (broad SMARTS) is 1. The second kappa shape index (κ2) is 12.1. The van der Waals surface area contributed by atoms with Crippen LogP contribution >= 0.6 is 23.2 Å². The Hall–Kier alpha value is -4.86. The van der Waals surface area contributed by atoms with E-state index >= 15 is 0 Å². The largest absolute Gasteiger partial charge is 0.480 e. The van der Waals surface area contributed by atoms with Gasteiger partial charge in [0, 0.05) is 41.0 Å². The number of rotatable bonds is 8. The Bertz CT molecular complexity index is 1740. The third kappa shape index (κ3) is 6.49. The SMILES string of the molecule is O=C(Nc1ccc(-c2ccc(C(=O)NC(Cc3c[nH]c4ccccc34)C(=O)O)nc2)cc1)Nc1cccc(Cl)c1Cl. The van der Waals surface area contributed by atoms with E-state index in [4.69, 9.17) is 23.2 Å². The average molecular weight is 588 g/mol. The van der Waals surface area contributed by atoms with Crippen molar-refractivity contribution < 1.29 is 19.5 Å². The van der Waals surface area contributed by atoms with Crippen LogP contribution in [0.1, 0.15) is 16.1 Å². The number of aromatic amines is 1. The van der Waals surface area contributed by atoms with Gasteiger partial charge in [-0.05, 0) is 47.5 Å². The molecule has 0 saturated carbocycles. The van der Waals surface area contributed by atoms with Crippen molar-refractivity contribution in [1.82, 2.24) is 15.3 Å². The number of hydrogen-bond acceptors (Lipinski definition) is 4. The van der Waals surface area contributed by atoms with Gasteiger partial charge in [0.25, 0.3) is 5.91 Å². The van der Waals surface area contributed by atoms with Crippen LogP contribution in [0, 0.1) is 0 Å². The normalized spacial score (nSPS) is 11.6. The molecule has 0 fully saturated rings. The second-order valence-electron chi connectivity index (χ2n) is 9.12. The minimum Gasteiger partial charge on any atom is -0.480 e. The number of para-hydroxylation sites is 1. The van der Waals surface area contributed by atoms with E-state index in [1.165, 1.54) is 12.3 Å². The molecule has 206 valence electrons. The molecule has 0 aliphatic rings. The van der Waals surface area contributed by atoms with Crippen LogP contribution in [0.4, 0.5) is 16.2 Å². The zero-order valence-electron chi connectivity index (χ0n) is 21.3. The van der Waals surface area contributed by atoms with Gasteiger partial charge in [0.2, 0.25) is 0 Å². The Kier molecular flexibility index (Phi) is 8.19. The van der Waals surface area contributed by atoms with Crippen LogP contribution in [0.15, 0.2) is 91.3 Å². The fourth-order valence-electron chi connectivity index (χ4n) is 4.28. The smallest absolute Gasteiger partial charge is 0.326 e. The number of carboxylic acids is 1. The van der Waals surface area contributed by atoms with E-state index < -0.39 is 23.9 Å². The maximum absolute atomic E-state index is 12.8. The molecule has 9 nitrogen and oxygen atoms in total. The van der Waals surface area contributed by atoms with Gasteiger partial charge in [-0.25, -0.2) is 9.59 Å². The number of nitrogens with zero attached hydrogens (tertiary/aromatic N) is 1. The van der Waals surface area contributed by atoms with E-state index in [0.29, 0.717) is 16.4 Å². The maximum Gasteiger partial charge on any atom is 0.326 e. The van der Waals surface area contributed by atoms with E-state index in [0.717, 1.165) is 27.6 Å². The summed E-state index contributed by atoms with van der Waals surface area (Å²) in [6, 6.07) is 21.2. The molecule has 3 amide bonds. The summed E-state index contributed by atoms with van der Waals surface area (Å²) < 4.78 is 0.